The molecule has 6 nitrogen and oxygen atoms in total. The Hall–Kier alpha value is -1.70. The zero-order valence-electron chi connectivity index (χ0n) is 14.3. The van der Waals surface area contributed by atoms with Gasteiger partial charge in [-0.1, -0.05) is 15.9 Å². The maximum Gasteiger partial charge on any atom is 0.341 e. The Morgan fingerprint density at radius 2 is 2.20 bits per heavy atom. The lowest BCUT2D eigenvalue weighted by molar-refractivity contribution is 0.0398. The van der Waals surface area contributed by atoms with Crippen molar-refractivity contribution in [2.45, 2.75) is 6.92 Å². The average Bonchev–Trinajstić information content (AvgIpc) is 2.63. The van der Waals surface area contributed by atoms with Crippen LogP contribution in [0, 0.1) is 0 Å². The third kappa shape index (κ3) is 4.48. The lowest BCUT2D eigenvalue weighted by Gasteiger charge is -2.27. The molecule has 0 bridgehead atoms. The largest absolute Gasteiger partial charge is 0.462 e. The molecule has 1 aromatic heterocycles. The number of pyridine rings is 1. The molecule has 0 unspecified atom stereocenters. The van der Waals surface area contributed by atoms with Gasteiger partial charge in [0.15, 0.2) is 0 Å². The first-order chi connectivity index (χ1) is 12.2. The van der Waals surface area contributed by atoms with Crippen LogP contribution in [0.3, 0.4) is 0 Å². The maximum absolute atomic E-state index is 12.3. The molecule has 1 saturated heterocycles. The van der Waals surface area contributed by atoms with Gasteiger partial charge in [0.25, 0.3) is 0 Å². The van der Waals surface area contributed by atoms with E-state index in [2.05, 4.69) is 31.1 Å². The van der Waals surface area contributed by atoms with E-state index >= 15 is 0 Å². The van der Waals surface area contributed by atoms with E-state index < -0.39 is 0 Å². The predicted octanol–water partition coefficient (Wildman–Crippen LogP) is 2.92. The van der Waals surface area contributed by atoms with Gasteiger partial charge in [0, 0.05) is 42.2 Å². The molecule has 0 saturated carbocycles. The second-order valence-corrected chi connectivity index (χ2v) is 6.73. The van der Waals surface area contributed by atoms with Crippen LogP contribution in [0.25, 0.3) is 10.9 Å². The number of esters is 1. The Bertz CT molecular complexity index is 748. The third-order valence-corrected chi connectivity index (χ3v) is 4.65. The molecule has 0 aliphatic carbocycles. The number of rotatable bonds is 6. The van der Waals surface area contributed by atoms with Crippen LogP contribution in [0.1, 0.15) is 17.3 Å². The molecule has 0 spiro atoms. The van der Waals surface area contributed by atoms with Gasteiger partial charge >= 0.3 is 5.97 Å². The second kappa shape index (κ2) is 8.60. The second-order valence-electron chi connectivity index (χ2n) is 5.81. The minimum atomic E-state index is -0.356. The normalized spacial score (nSPS) is 15.3. The Morgan fingerprint density at radius 1 is 1.40 bits per heavy atom. The summed E-state index contributed by atoms with van der Waals surface area (Å²) in [6.07, 6.45) is 1.59. The molecular formula is C18H22BrN3O3. The number of morpholine rings is 1. The quantitative estimate of drug-likeness (QED) is 0.742. The van der Waals surface area contributed by atoms with Crippen molar-refractivity contribution < 1.29 is 14.3 Å². The van der Waals surface area contributed by atoms with E-state index in [0.717, 1.165) is 60.5 Å². The SMILES string of the molecule is CCOC(=O)c1cnc2ccc(Br)cc2c1NCCN1CCOCC1. The molecule has 25 heavy (non-hydrogen) atoms. The topological polar surface area (TPSA) is 63.7 Å². The molecule has 2 aromatic rings. The molecule has 3 rings (SSSR count). The van der Waals surface area contributed by atoms with Crippen LogP contribution < -0.4 is 5.32 Å². The third-order valence-electron chi connectivity index (χ3n) is 4.16. The van der Waals surface area contributed by atoms with Crippen molar-refractivity contribution >= 4 is 38.5 Å². The van der Waals surface area contributed by atoms with Crippen LogP contribution in [0.2, 0.25) is 0 Å². The number of nitrogens with one attached hydrogen (secondary N) is 1. The van der Waals surface area contributed by atoms with Gasteiger partial charge in [0.1, 0.15) is 5.56 Å². The summed E-state index contributed by atoms with van der Waals surface area (Å²) in [4.78, 5) is 19.1. The molecule has 1 aliphatic heterocycles. The number of aromatic nitrogens is 1. The first-order valence-electron chi connectivity index (χ1n) is 8.48. The van der Waals surface area contributed by atoms with E-state index in [1.54, 1.807) is 13.1 Å². The zero-order chi connectivity index (χ0) is 17.6. The molecule has 134 valence electrons. The Morgan fingerprint density at radius 3 is 2.96 bits per heavy atom. The van der Waals surface area contributed by atoms with E-state index in [-0.39, 0.29) is 5.97 Å². The fraction of sp³-hybridized carbons (Fsp3) is 0.444. The molecule has 0 amide bonds. The fourth-order valence-electron chi connectivity index (χ4n) is 2.88. The number of carbonyl (C=O) groups is 1. The van der Waals surface area contributed by atoms with Gasteiger partial charge in [-0.15, -0.1) is 0 Å². The number of halogens is 1. The standard InChI is InChI=1S/C18H22BrN3O3/c1-2-25-18(23)15-12-21-16-4-3-13(19)11-14(16)17(15)20-5-6-22-7-9-24-10-8-22/h3-4,11-12H,2,5-10H2,1H3,(H,20,21). The van der Waals surface area contributed by atoms with E-state index in [4.69, 9.17) is 9.47 Å². The van der Waals surface area contributed by atoms with Gasteiger partial charge in [-0.3, -0.25) is 9.88 Å². The van der Waals surface area contributed by atoms with Crippen LogP contribution in [0.4, 0.5) is 5.69 Å². The van der Waals surface area contributed by atoms with Crippen molar-refractivity contribution in [2.75, 3.05) is 51.3 Å². The van der Waals surface area contributed by atoms with Crippen molar-refractivity contribution in [3.05, 3.63) is 34.4 Å². The highest BCUT2D eigenvalue weighted by Crippen LogP contribution is 2.29. The number of ether oxygens (including phenoxy) is 2. The number of nitrogens with zero attached hydrogens (tertiary/aromatic N) is 2. The van der Waals surface area contributed by atoms with Gasteiger partial charge < -0.3 is 14.8 Å². The highest BCUT2D eigenvalue weighted by Gasteiger charge is 2.17. The average molecular weight is 408 g/mol. The van der Waals surface area contributed by atoms with E-state index in [9.17, 15) is 4.79 Å². The van der Waals surface area contributed by atoms with Crippen molar-refractivity contribution in [2.24, 2.45) is 0 Å². The van der Waals surface area contributed by atoms with E-state index in [1.807, 2.05) is 18.2 Å². The summed E-state index contributed by atoms with van der Waals surface area (Å²) in [6.45, 7) is 7.20. The van der Waals surface area contributed by atoms with Crippen LogP contribution in [-0.4, -0.2) is 61.9 Å². The molecule has 1 fully saturated rings. The molecular weight excluding hydrogens is 386 g/mol. The molecule has 1 aliphatic rings. The molecule has 2 heterocycles. The van der Waals surface area contributed by atoms with Crippen LogP contribution >= 0.6 is 15.9 Å². The smallest absolute Gasteiger partial charge is 0.341 e. The number of anilines is 1. The van der Waals surface area contributed by atoms with Crippen molar-refractivity contribution in [3.63, 3.8) is 0 Å². The van der Waals surface area contributed by atoms with Gasteiger partial charge in [-0.25, -0.2) is 4.79 Å². The number of hydrogen-bond acceptors (Lipinski definition) is 6. The van der Waals surface area contributed by atoms with Gasteiger partial charge in [-0.05, 0) is 25.1 Å². The van der Waals surface area contributed by atoms with Crippen LogP contribution in [-0.2, 0) is 9.47 Å². The number of benzene rings is 1. The van der Waals surface area contributed by atoms with Gasteiger partial charge in [0.05, 0.1) is 31.0 Å². The highest BCUT2D eigenvalue weighted by molar-refractivity contribution is 9.10. The monoisotopic (exact) mass is 407 g/mol. The zero-order valence-corrected chi connectivity index (χ0v) is 15.8. The van der Waals surface area contributed by atoms with Crippen LogP contribution in [0.5, 0.6) is 0 Å². The van der Waals surface area contributed by atoms with Crippen LogP contribution in [0.15, 0.2) is 28.9 Å². The van der Waals surface area contributed by atoms with E-state index in [1.165, 1.54) is 0 Å². The van der Waals surface area contributed by atoms with Gasteiger partial charge in [-0.2, -0.15) is 0 Å². The van der Waals surface area contributed by atoms with Gasteiger partial charge in [0.2, 0.25) is 0 Å². The molecule has 0 radical (unpaired) electrons. The summed E-state index contributed by atoms with van der Waals surface area (Å²) >= 11 is 3.50. The summed E-state index contributed by atoms with van der Waals surface area (Å²) in [5.41, 5.74) is 2.08. The van der Waals surface area contributed by atoms with Crippen molar-refractivity contribution in [3.8, 4) is 0 Å². The summed E-state index contributed by atoms with van der Waals surface area (Å²) < 4.78 is 11.5. The molecule has 7 heteroatoms. The lowest BCUT2D eigenvalue weighted by atomic mass is 10.1. The Kier molecular flexibility index (Phi) is 6.23. The molecule has 0 atom stereocenters. The summed E-state index contributed by atoms with van der Waals surface area (Å²) in [7, 11) is 0. The Labute approximate surface area is 155 Å². The number of carbonyl (C=O) groups excluding carboxylic acids is 1. The van der Waals surface area contributed by atoms with Crippen molar-refractivity contribution in [1.82, 2.24) is 9.88 Å². The minimum absolute atomic E-state index is 0.336. The maximum atomic E-state index is 12.3. The predicted molar refractivity (Wildman–Crippen MR) is 101 cm³/mol. The number of fused-ring (bicyclic) bond motifs is 1. The fourth-order valence-corrected chi connectivity index (χ4v) is 3.24. The molecule has 1 N–H and O–H groups in total. The minimum Gasteiger partial charge on any atom is -0.462 e. The number of hydrogen-bond donors (Lipinski definition) is 1. The Balaban J connectivity index is 1.84. The lowest BCUT2D eigenvalue weighted by Crippen LogP contribution is -2.39. The summed E-state index contributed by atoms with van der Waals surface area (Å²) in [5, 5.41) is 4.33. The van der Waals surface area contributed by atoms with E-state index in [0.29, 0.717) is 12.2 Å². The highest BCUT2D eigenvalue weighted by atomic mass is 79.9. The van der Waals surface area contributed by atoms with Crippen molar-refractivity contribution in [1.29, 1.82) is 0 Å². The molecule has 1 aromatic carbocycles. The first-order valence-corrected chi connectivity index (χ1v) is 9.27. The summed E-state index contributed by atoms with van der Waals surface area (Å²) in [5.74, 6) is -0.356. The summed E-state index contributed by atoms with van der Waals surface area (Å²) in [6, 6.07) is 5.85. The first kappa shape index (κ1) is 18.1.